The van der Waals surface area contributed by atoms with Gasteiger partial charge in [-0.05, 0) is 50.0 Å². The van der Waals surface area contributed by atoms with E-state index in [0.29, 0.717) is 12.2 Å². The van der Waals surface area contributed by atoms with Crippen LogP contribution in [0.5, 0.6) is 0 Å². The minimum absolute atomic E-state index is 0.156. The normalized spacial score (nSPS) is 15.0. The Balaban J connectivity index is 1.42. The second-order valence-corrected chi connectivity index (χ2v) is 8.43. The number of likely N-dealkylation sites (N-methyl/N-ethyl adjacent to an activating group) is 1. The molecule has 1 saturated heterocycles. The number of benzene rings is 1. The van der Waals surface area contributed by atoms with Crippen LogP contribution in [0.15, 0.2) is 60.0 Å². The van der Waals surface area contributed by atoms with Crippen molar-refractivity contribution in [2.24, 2.45) is 0 Å². The monoisotopic (exact) mass is 436 g/mol. The first-order chi connectivity index (χ1) is 15.2. The highest BCUT2D eigenvalue weighted by Crippen LogP contribution is 2.21. The van der Waals surface area contributed by atoms with Gasteiger partial charge in [-0.15, -0.1) is 0 Å². The van der Waals surface area contributed by atoms with Crippen molar-refractivity contribution >= 4 is 23.5 Å². The summed E-state index contributed by atoms with van der Waals surface area (Å²) in [6.45, 7) is 4.60. The first-order valence-corrected chi connectivity index (χ1v) is 11.7. The summed E-state index contributed by atoms with van der Waals surface area (Å²) in [6, 6.07) is 13.9. The summed E-state index contributed by atoms with van der Waals surface area (Å²) >= 11 is 1.51. The Morgan fingerprint density at radius 3 is 2.61 bits per heavy atom. The van der Waals surface area contributed by atoms with Crippen LogP contribution in [0, 0.1) is 0 Å². The summed E-state index contributed by atoms with van der Waals surface area (Å²) < 4.78 is 1.89. The quantitative estimate of drug-likeness (QED) is 0.599. The molecule has 1 N–H and O–H groups in total. The topological polar surface area (TPSA) is 66.3 Å². The van der Waals surface area contributed by atoms with Crippen molar-refractivity contribution in [1.29, 1.82) is 0 Å². The highest BCUT2D eigenvalue weighted by molar-refractivity contribution is 7.98. The Bertz CT molecular complexity index is 1000. The van der Waals surface area contributed by atoms with Crippen LogP contribution in [-0.2, 0) is 6.54 Å². The third kappa shape index (κ3) is 5.08. The molecule has 1 aliphatic heterocycles. The fraction of sp³-hybridized carbons (Fsp3) is 0.348. The molecule has 162 valence electrons. The number of imidazole rings is 1. The summed E-state index contributed by atoms with van der Waals surface area (Å²) in [6.07, 6.45) is 6.58. The number of aromatic nitrogens is 3. The van der Waals surface area contributed by atoms with Crippen LogP contribution in [0.25, 0.3) is 5.69 Å². The van der Waals surface area contributed by atoms with E-state index in [4.69, 9.17) is 0 Å². The number of pyridine rings is 1. The molecule has 0 atom stereocenters. The molecule has 0 saturated carbocycles. The van der Waals surface area contributed by atoms with E-state index in [-0.39, 0.29) is 5.91 Å². The van der Waals surface area contributed by atoms with Crippen molar-refractivity contribution < 1.29 is 4.79 Å². The van der Waals surface area contributed by atoms with Gasteiger partial charge in [0.1, 0.15) is 11.5 Å². The molecule has 1 amide bonds. The number of para-hydroxylation sites is 1. The molecule has 31 heavy (non-hydrogen) atoms. The lowest BCUT2D eigenvalue weighted by Gasteiger charge is -2.21. The maximum Gasteiger partial charge on any atom is 0.270 e. The second kappa shape index (κ2) is 9.98. The van der Waals surface area contributed by atoms with E-state index in [2.05, 4.69) is 32.1 Å². The molecule has 0 radical (unpaired) electrons. The van der Waals surface area contributed by atoms with E-state index in [1.165, 1.54) is 11.8 Å². The van der Waals surface area contributed by atoms with E-state index in [9.17, 15) is 4.79 Å². The number of carbonyl (C=O) groups excluding carboxylic acids is 1. The number of thioether (sulfide) groups is 1. The number of anilines is 1. The third-order valence-corrected chi connectivity index (χ3v) is 6.12. The standard InChI is InChI=1S/C23H28N6OS/c1-27-11-6-12-28(14-13-27)21-10-9-18(15-24-21)16-25-22(30)20-17-26-23(31-2)29(20)19-7-4-3-5-8-19/h3-5,7-10,15,17H,6,11-14,16H2,1-2H3,(H,25,30). The molecule has 2 aromatic heterocycles. The minimum Gasteiger partial charge on any atom is -0.355 e. The molecule has 0 aliphatic carbocycles. The van der Waals surface area contributed by atoms with Gasteiger partial charge in [0.2, 0.25) is 0 Å². The van der Waals surface area contributed by atoms with Crippen LogP contribution in [0.3, 0.4) is 0 Å². The van der Waals surface area contributed by atoms with Gasteiger partial charge in [0.05, 0.1) is 6.20 Å². The van der Waals surface area contributed by atoms with E-state index in [0.717, 1.165) is 54.8 Å². The molecule has 3 heterocycles. The van der Waals surface area contributed by atoms with E-state index in [1.54, 1.807) is 6.20 Å². The second-order valence-electron chi connectivity index (χ2n) is 7.65. The third-order valence-electron chi connectivity index (χ3n) is 5.46. The van der Waals surface area contributed by atoms with Gasteiger partial charge in [-0.25, -0.2) is 9.97 Å². The zero-order chi connectivity index (χ0) is 21.6. The number of hydrogen-bond acceptors (Lipinski definition) is 6. The van der Waals surface area contributed by atoms with Crippen LogP contribution in [-0.4, -0.2) is 64.8 Å². The average molecular weight is 437 g/mol. The van der Waals surface area contributed by atoms with Crippen LogP contribution in [0.4, 0.5) is 5.82 Å². The van der Waals surface area contributed by atoms with Gasteiger partial charge in [0, 0.05) is 38.1 Å². The zero-order valence-electron chi connectivity index (χ0n) is 18.0. The fourth-order valence-corrected chi connectivity index (χ4v) is 4.27. The number of amides is 1. The van der Waals surface area contributed by atoms with Gasteiger partial charge in [0.25, 0.3) is 5.91 Å². The molecule has 1 aromatic carbocycles. The Kier molecular flexibility index (Phi) is 6.89. The number of hydrogen-bond donors (Lipinski definition) is 1. The number of rotatable bonds is 6. The predicted octanol–water partition coefficient (Wildman–Crippen LogP) is 3.06. The zero-order valence-corrected chi connectivity index (χ0v) is 18.8. The molecular formula is C23H28N6OS. The number of nitrogens with zero attached hydrogens (tertiary/aromatic N) is 5. The minimum atomic E-state index is -0.156. The molecule has 8 heteroatoms. The summed E-state index contributed by atoms with van der Waals surface area (Å²) in [7, 11) is 2.16. The largest absolute Gasteiger partial charge is 0.355 e. The van der Waals surface area contributed by atoms with Gasteiger partial charge in [-0.3, -0.25) is 9.36 Å². The van der Waals surface area contributed by atoms with Crippen molar-refractivity contribution in [2.75, 3.05) is 44.4 Å². The lowest BCUT2D eigenvalue weighted by molar-refractivity contribution is 0.0943. The molecule has 1 aliphatic rings. The molecular weight excluding hydrogens is 408 g/mol. The van der Waals surface area contributed by atoms with E-state index in [1.807, 2.05) is 59.5 Å². The Labute approximate surface area is 187 Å². The van der Waals surface area contributed by atoms with Gasteiger partial charge < -0.3 is 15.1 Å². The lowest BCUT2D eigenvalue weighted by atomic mass is 10.2. The van der Waals surface area contributed by atoms with Crippen molar-refractivity contribution in [1.82, 2.24) is 24.8 Å². The van der Waals surface area contributed by atoms with Crippen molar-refractivity contribution in [3.05, 3.63) is 66.1 Å². The van der Waals surface area contributed by atoms with Crippen molar-refractivity contribution in [3.63, 3.8) is 0 Å². The molecule has 3 aromatic rings. The number of nitrogens with one attached hydrogen (secondary N) is 1. The van der Waals surface area contributed by atoms with Gasteiger partial charge in [-0.1, -0.05) is 36.0 Å². The maximum atomic E-state index is 12.9. The van der Waals surface area contributed by atoms with Crippen LogP contribution in [0.2, 0.25) is 0 Å². The summed E-state index contributed by atoms with van der Waals surface area (Å²) in [5.74, 6) is 0.841. The van der Waals surface area contributed by atoms with Crippen LogP contribution >= 0.6 is 11.8 Å². The van der Waals surface area contributed by atoms with Gasteiger partial charge in [0.15, 0.2) is 5.16 Å². The SMILES string of the molecule is CSc1ncc(C(=O)NCc2ccc(N3CCCN(C)CC3)nc2)n1-c1ccccc1. The van der Waals surface area contributed by atoms with Crippen molar-refractivity contribution in [3.8, 4) is 5.69 Å². The summed E-state index contributed by atoms with van der Waals surface area (Å²) in [5.41, 5.74) is 2.41. The lowest BCUT2D eigenvalue weighted by Crippen LogP contribution is -2.29. The highest BCUT2D eigenvalue weighted by atomic mass is 32.2. The first-order valence-electron chi connectivity index (χ1n) is 10.5. The smallest absolute Gasteiger partial charge is 0.270 e. The molecule has 4 rings (SSSR count). The Hall–Kier alpha value is -2.84. The fourth-order valence-electron chi connectivity index (χ4n) is 3.72. The molecule has 0 spiro atoms. The highest BCUT2D eigenvalue weighted by Gasteiger charge is 2.18. The average Bonchev–Trinajstić information content (AvgIpc) is 3.13. The summed E-state index contributed by atoms with van der Waals surface area (Å²) in [5, 5.41) is 3.79. The first kappa shape index (κ1) is 21.4. The summed E-state index contributed by atoms with van der Waals surface area (Å²) in [4.78, 5) is 26.6. The molecule has 7 nitrogen and oxygen atoms in total. The van der Waals surface area contributed by atoms with Gasteiger partial charge in [-0.2, -0.15) is 0 Å². The molecule has 0 unspecified atom stereocenters. The Morgan fingerprint density at radius 2 is 1.87 bits per heavy atom. The maximum absolute atomic E-state index is 12.9. The predicted molar refractivity (Wildman–Crippen MR) is 125 cm³/mol. The van der Waals surface area contributed by atoms with Crippen LogP contribution in [0.1, 0.15) is 22.5 Å². The van der Waals surface area contributed by atoms with Crippen LogP contribution < -0.4 is 10.2 Å². The molecule has 0 bridgehead atoms. The van der Waals surface area contributed by atoms with E-state index < -0.39 is 0 Å². The Morgan fingerprint density at radius 1 is 1.03 bits per heavy atom. The molecule has 1 fully saturated rings. The van der Waals surface area contributed by atoms with E-state index >= 15 is 0 Å². The number of carbonyl (C=O) groups is 1. The van der Waals surface area contributed by atoms with Crippen molar-refractivity contribution in [2.45, 2.75) is 18.1 Å². The van der Waals surface area contributed by atoms with Gasteiger partial charge >= 0.3 is 0 Å².